The van der Waals surface area contributed by atoms with E-state index in [1.807, 2.05) is 12.1 Å². The minimum atomic E-state index is 0.0390. The number of fused-ring (bicyclic) bond motifs is 5. The molecule has 1 aromatic carbocycles. The van der Waals surface area contributed by atoms with Crippen molar-refractivity contribution in [1.29, 1.82) is 0 Å². The molecule has 0 aromatic heterocycles. The molecule has 3 fully saturated rings. The molecule has 142 valence electrons. The standard InChI is InChI=1S/C23H32O3/c1-23-12-11-18-17-8-6-16(24)14-15(17)5-7-19(18)20(23)9-10-21(23)26-22-4-2-3-13-25-22/h6,8,14,18-22,24H,2-5,7,9-13H2,1H3. The van der Waals surface area contributed by atoms with E-state index < -0.39 is 0 Å². The fraction of sp³-hybridized carbons (Fsp3) is 0.739. The quantitative estimate of drug-likeness (QED) is 0.795. The normalized spacial score (nSPS) is 42.0. The summed E-state index contributed by atoms with van der Waals surface area (Å²) in [7, 11) is 0. The fourth-order valence-electron chi connectivity index (χ4n) is 6.75. The molecule has 3 nitrogen and oxygen atoms in total. The van der Waals surface area contributed by atoms with Crippen molar-refractivity contribution in [2.45, 2.75) is 83.0 Å². The van der Waals surface area contributed by atoms with Gasteiger partial charge in [-0.2, -0.15) is 0 Å². The van der Waals surface area contributed by atoms with Gasteiger partial charge in [-0.15, -0.1) is 0 Å². The summed E-state index contributed by atoms with van der Waals surface area (Å²) in [5.41, 5.74) is 3.22. The minimum Gasteiger partial charge on any atom is -0.508 e. The van der Waals surface area contributed by atoms with E-state index in [1.54, 1.807) is 0 Å². The van der Waals surface area contributed by atoms with Gasteiger partial charge in [-0.05, 0) is 104 Å². The number of aromatic hydroxyl groups is 1. The smallest absolute Gasteiger partial charge is 0.157 e. The predicted octanol–water partition coefficient (Wildman–Crippen LogP) is 5.16. The van der Waals surface area contributed by atoms with Crippen molar-refractivity contribution in [1.82, 2.24) is 0 Å². The van der Waals surface area contributed by atoms with Crippen LogP contribution in [0, 0.1) is 17.3 Å². The Morgan fingerprint density at radius 2 is 2.04 bits per heavy atom. The van der Waals surface area contributed by atoms with Crippen molar-refractivity contribution in [3.63, 3.8) is 0 Å². The predicted molar refractivity (Wildman–Crippen MR) is 101 cm³/mol. The first-order valence-electron chi connectivity index (χ1n) is 10.7. The molecule has 0 spiro atoms. The number of aryl methyl sites for hydroxylation is 1. The highest BCUT2D eigenvalue weighted by Crippen LogP contribution is 2.61. The van der Waals surface area contributed by atoms with Gasteiger partial charge in [-0.3, -0.25) is 0 Å². The third-order valence-corrected chi connectivity index (χ3v) is 8.08. The van der Waals surface area contributed by atoms with Crippen molar-refractivity contribution in [2.75, 3.05) is 6.61 Å². The number of hydrogen-bond donors (Lipinski definition) is 1. The summed E-state index contributed by atoms with van der Waals surface area (Å²) in [6.45, 7) is 3.37. The highest BCUT2D eigenvalue weighted by atomic mass is 16.7. The highest BCUT2D eigenvalue weighted by Gasteiger charge is 2.55. The SMILES string of the molecule is CC12CCC3c4ccc(O)cc4CCC3C1CCC2OC1CCCCO1. The molecular formula is C23H32O3. The lowest BCUT2D eigenvalue weighted by Gasteiger charge is -2.51. The molecule has 1 N–H and O–H groups in total. The van der Waals surface area contributed by atoms with Gasteiger partial charge in [0.2, 0.25) is 0 Å². The number of phenols is 1. The summed E-state index contributed by atoms with van der Waals surface area (Å²) in [6, 6.07) is 6.08. The van der Waals surface area contributed by atoms with Gasteiger partial charge in [0, 0.05) is 6.61 Å². The number of rotatable bonds is 2. The Balaban J connectivity index is 1.36. The second kappa shape index (κ2) is 6.53. The number of ether oxygens (including phenoxy) is 2. The molecule has 26 heavy (non-hydrogen) atoms. The van der Waals surface area contributed by atoms with Gasteiger partial charge < -0.3 is 14.6 Å². The van der Waals surface area contributed by atoms with E-state index >= 15 is 0 Å². The third-order valence-electron chi connectivity index (χ3n) is 8.08. The minimum absolute atomic E-state index is 0.0390. The average Bonchev–Trinajstić information content (AvgIpc) is 2.98. The lowest BCUT2D eigenvalue weighted by Crippen LogP contribution is -2.46. The van der Waals surface area contributed by atoms with Crippen LogP contribution >= 0.6 is 0 Å². The summed E-state index contributed by atoms with van der Waals surface area (Å²) in [5, 5.41) is 9.84. The molecule has 0 amide bonds. The zero-order valence-electron chi connectivity index (χ0n) is 16.0. The Hall–Kier alpha value is -1.06. The first-order chi connectivity index (χ1) is 12.6. The van der Waals surface area contributed by atoms with Gasteiger partial charge in [-0.25, -0.2) is 0 Å². The second-order valence-corrected chi connectivity index (χ2v) is 9.34. The van der Waals surface area contributed by atoms with Crippen molar-refractivity contribution in [3.05, 3.63) is 29.3 Å². The van der Waals surface area contributed by atoms with Gasteiger partial charge in [0.1, 0.15) is 5.75 Å². The van der Waals surface area contributed by atoms with Crippen molar-refractivity contribution >= 4 is 0 Å². The van der Waals surface area contributed by atoms with E-state index in [2.05, 4.69) is 13.0 Å². The molecule has 4 aliphatic rings. The van der Waals surface area contributed by atoms with Crippen LogP contribution in [0.5, 0.6) is 5.75 Å². The summed E-state index contributed by atoms with van der Waals surface area (Å²) in [5.74, 6) is 2.66. The molecule has 5 rings (SSSR count). The van der Waals surface area contributed by atoms with E-state index in [0.29, 0.717) is 23.2 Å². The van der Waals surface area contributed by atoms with Crippen molar-refractivity contribution in [2.24, 2.45) is 17.3 Å². The molecule has 1 saturated heterocycles. The Kier molecular flexibility index (Phi) is 4.28. The Morgan fingerprint density at radius 1 is 1.12 bits per heavy atom. The van der Waals surface area contributed by atoms with E-state index in [9.17, 15) is 5.11 Å². The van der Waals surface area contributed by atoms with Crippen LogP contribution in [0.2, 0.25) is 0 Å². The maximum absolute atomic E-state index is 9.84. The van der Waals surface area contributed by atoms with Gasteiger partial charge in [0.05, 0.1) is 6.10 Å². The largest absolute Gasteiger partial charge is 0.508 e. The van der Waals surface area contributed by atoms with Crippen molar-refractivity contribution in [3.8, 4) is 5.75 Å². The van der Waals surface area contributed by atoms with Gasteiger partial charge in [0.15, 0.2) is 6.29 Å². The summed E-state index contributed by atoms with van der Waals surface area (Å²) in [6.07, 6.45) is 11.3. The van der Waals surface area contributed by atoms with Crippen LogP contribution in [0.15, 0.2) is 18.2 Å². The molecule has 0 bridgehead atoms. The van der Waals surface area contributed by atoms with E-state index in [-0.39, 0.29) is 6.29 Å². The zero-order chi connectivity index (χ0) is 17.7. The van der Waals surface area contributed by atoms with Crippen LogP contribution in [0.4, 0.5) is 0 Å². The van der Waals surface area contributed by atoms with Gasteiger partial charge in [0.25, 0.3) is 0 Å². The van der Waals surface area contributed by atoms with Crippen LogP contribution in [0.3, 0.4) is 0 Å². The molecule has 2 saturated carbocycles. The molecular weight excluding hydrogens is 324 g/mol. The molecule has 1 aliphatic heterocycles. The lowest BCUT2D eigenvalue weighted by molar-refractivity contribution is -0.212. The van der Waals surface area contributed by atoms with E-state index in [1.165, 1.54) is 56.1 Å². The fourth-order valence-corrected chi connectivity index (χ4v) is 6.75. The first kappa shape index (κ1) is 17.1. The van der Waals surface area contributed by atoms with Crippen LogP contribution in [-0.4, -0.2) is 24.1 Å². The summed E-state index contributed by atoms with van der Waals surface area (Å²) in [4.78, 5) is 0. The molecule has 6 unspecified atom stereocenters. The summed E-state index contributed by atoms with van der Waals surface area (Å²) >= 11 is 0. The lowest BCUT2D eigenvalue weighted by atomic mass is 9.55. The molecule has 3 heteroatoms. The van der Waals surface area contributed by atoms with Crippen LogP contribution in [0.1, 0.15) is 75.3 Å². The number of hydrogen-bond acceptors (Lipinski definition) is 3. The molecule has 0 radical (unpaired) electrons. The third kappa shape index (κ3) is 2.70. The monoisotopic (exact) mass is 356 g/mol. The maximum Gasteiger partial charge on any atom is 0.157 e. The van der Waals surface area contributed by atoms with E-state index in [0.717, 1.165) is 31.3 Å². The highest BCUT2D eigenvalue weighted by molar-refractivity contribution is 5.40. The molecule has 6 atom stereocenters. The average molecular weight is 357 g/mol. The number of phenolic OH excluding ortho intramolecular Hbond substituents is 1. The first-order valence-corrected chi connectivity index (χ1v) is 10.7. The maximum atomic E-state index is 9.84. The van der Waals surface area contributed by atoms with Crippen LogP contribution in [0.25, 0.3) is 0 Å². The number of benzene rings is 1. The molecule has 1 aromatic rings. The van der Waals surface area contributed by atoms with E-state index in [4.69, 9.17) is 9.47 Å². The van der Waals surface area contributed by atoms with Crippen molar-refractivity contribution < 1.29 is 14.6 Å². The topological polar surface area (TPSA) is 38.7 Å². The van der Waals surface area contributed by atoms with Gasteiger partial charge >= 0.3 is 0 Å². The van der Waals surface area contributed by atoms with Gasteiger partial charge in [-0.1, -0.05) is 13.0 Å². The Bertz CT molecular complexity index is 665. The molecule has 1 heterocycles. The second-order valence-electron chi connectivity index (χ2n) is 9.34. The summed E-state index contributed by atoms with van der Waals surface area (Å²) < 4.78 is 12.4. The van der Waals surface area contributed by atoms with Crippen LogP contribution in [-0.2, 0) is 15.9 Å². The Labute approximate surface area is 157 Å². The Morgan fingerprint density at radius 3 is 2.88 bits per heavy atom. The van der Waals surface area contributed by atoms with Crippen LogP contribution < -0.4 is 0 Å². The zero-order valence-corrected chi connectivity index (χ0v) is 16.0. The molecule has 3 aliphatic carbocycles.